The second-order valence-electron chi connectivity index (χ2n) is 6.27. The van der Waals surface area contributed by atoms with Gasteiger partial charge in [-0.15, -0.1) is 22.7 Å². The molecule has 27 heavy (non-hydrogen) atoms. The van der Waals surface area contributed by atoms with Gasteiger partial charge in [0, 0.05) is 35.5 Å². The van der Waals surface area contributed by atoms with Crippen molar-refractivity contribution in [3.8, 4) is 0 Å². The number of hydrogen-bond donors (Lipinski definition) is 3. The van der Waals surface area contributed by atoms with Crippen LogP contribution in [0.2, 0.25) is 0 Å². The van der Waals surface area contributed by atoms with Crippen LogP contribution < -0.4 is 16.0 Å². The molecule has 0 aromatic carbocycles. The lowest BCUT2D eigenvalue weighted by Gasteiger charge is -2.06. The molecular formula is C17H18N6O2S2. The summed E-state index contributed by atoms with van der Waals surface area (Å²) < 4.78 is 0.687. The molecule has 3 aromatic rings. The van der Waals surface area contributed by atoms with Crippen molar-refractivity contribution in [2.45, 2.75) is 32.2 Å². The first kappa shape index (κ1) is 17.8. The van der Waals surface area contributed by atoms with E-state index in [1.165, 1.54) is 17.7 Å². The van der Waals surface area contributed by atoms with Crippen LogP contribution in [0.5, 0.6) is 0 Å². The summed E-state index contributed by atoms with van der Waals surface area (Å²) in [4.78, 5) is 38.2. The molecule has 0 aliphatic heterocycles. The fourth-order valence-electron chi connectivity index (χ4n) is 2.57. The summed E-state index contributed by atoms with van der Waals surface area (Å²) >= 11 is 2.97. The van der Waals surface area contributed by atoms with E-state index in [1.807, 2.05) is 13.1 Å². The van der Waals surface area contributed by atoms with Gasteiger partial charge in [-0.25, -0.2) is 19.7 Å². The summed E-state index contributed by atoms with van der Waals surface area (Å²) in [6, 6.07) is -0.0221. The zero-order valence-corrected chi connectivity index (χ0v) is 16.2. The second kappa shape index (κ2) is 7.57. The molecule has 0 bridgehead atoms. The molecule has 3 N–H and O–H groups in total. The van der Waals surface area contributed by atoms with Crippen molar-refractivity contribution in [1.82, 2.24) is 25.6 Å². The highest BCUT2D eigenvalue weighted by Gasteiger charge is 2.24. The van der Waals surface area contributed by atoms with Crippen LogP contribution in [-0.2, 0) is 6.42 Å². The molecule has 3 aromatic heterocycles. The van der Waals surface area contributed by atoms with Crippen LogP contribution in [0, 0.1) is 6.92 Å². The molecule has 1 saturated carbocycles. The number of amides is 3. The minimum Gasteiger partial charge on any atom is -0.352 e. The van der Waals surface area contributed by atoms with E-state index in [2.05, 4.69) is 30.9 Å². The number of carbonyl (C=O) groups is 2. The van der Waals surface area contributed by atoms with Gasteiger partial charge in [-0.1, -0.05) is 0 Å². The lowest BCUT2D eigenvalue weighted by atomic mass is 10.2. The first-order chi connectivity index (χ1) is 13.1. The molecule has 0 atom stereocenters. The Hall–Kier alpha value is -2.59. The standard InChI is InChI=1S/C17H18N6O2S2/c1-9-19-6-11(27-9)4-5-18-16(24)12-7-26-14-13(12)20-8-21-15(14)23-17(25)22-10-2-3-10/h6-8,10H,2-5H2,1H3,(H,18,24)(H2,20,21,22,23,25). The van der Waals surface area contributed by atoms with E-state index in [-0.39, 0.29) is 18.0 Å². The largest absolute Gasteiger partial charge is 0.352 e. The van der Waals surface area contributed by atoms with Gasteiger partial charge in [-0.05, 0) is 19.8 Å². The maximum atomic E-state index is 12.5. The predicted molar refractivity (Wildman–Crippen MR) is 105 cm³/mol. The number of carbonyl (C=O) groups excluding carboxylic acids is 2. The van der Waals surface area contributed by atoms with Crippen LogP contribution in [0.3, 0.4) is 0 Å². The van der Waals surface area contributed by atoms with Crippen LogP contribution in [0.4, 0.5) is 10.6 Å². The van der Waals surface area contributed by atoms with Gasteiger partial charge in [-0.2, -0.15) is 0 Å². The number of fused-ring (bicyclic) bond motifs is 1. The Labute approximate surface area is 163 Å². The number of nitrogens with one attached hydrogen (secondary N) is 3. The fraction of sp³-hybridized carbons (Fsp3) is 0.353. The van der Waals surface area contributed by atoms with Crippen LogP contribution in [0.15, 0.2) is 17.9 Å². The average molecular weight is 403 g/mol. The molecule has 140 valence electrons. The third kappa shape index (κ3) is 4.22. The number of hydrogen-bond acceptors (Lipinski definition) is 7. The molecule has 4 rings (SSSR count). The monoisotopic (exact) mass is 402 g/mol. The summed E-state index contributed by atoms with van der Waals surface area (Å²) in [6.07, 6.45) is 5.96. The van der Waals surface area contributed by atoms with Gasteiger partial charge in [0.15, 0.2) is 5.82 Å². The Kier molecular flexibility index (Phi) is 4.99. The predicted octanol–water partition coefficient (Wildman–Crippen LogP) is 2.71. The van der Waals surface area contributed by atoms with Gasteiger partial charge < -0.3 is 10.6 Å². The van der Waals surface area contributed by atoms with Gasteiger partial charge in [0.05, 0.1) is 20.8 Å². The first-order valence-electron chi connectivity index (χ1n) is 8.59. The van der Waals surface area contributed by atoms with Crippen molar-refractivity contribution in [2.75, 3.05) is 11.9 Å². The molecule has 1 aliphatic carbocycles. The lowest BCUT2D eigenvalue weighted by Crippen LogP contribution is -2.30. The minimum absolute atomic E-state index is 0.186. The van der Waals surface area contributed by atoms with E-state index >= 15 is 0 Å². The summed E-state index contributed by atoms with van der Waals surface area (Å²) in [7, 11) is 0. The van der Waals surface area contributed by atoms with Crippen molar-refractivity contribution >= 4 is 50.6 Å². The van der Waals surface area contributed by atoms with Crippen molar-refractivity contribution in [1.29, 1.82) is 0 Å². The molecule has 1 aliphatic rings. The highest BCUT2D eigenvalue weighted by molar-refractivity contribution is 7.18. The zero-order chi connectivity index (χ0) is 18.8. The van der Waals surface area contributed by atoms with Crippen LogP contribution in [0.25, 0.3) is 10.2 Å². The number of aryl methyl sites for hydroxylation is 1. The number of anilines is 1. The fourth-order valence-corrected chi connectivity index (χ4v) is 4.31. The van der Waals surface area contributed by atoms with E-state index in [4.69, 9.17) is 0 Å². The summed E-state index contributed by atoms with van der Waals surface area (Å²) in [5.41, 5.74) is 1.03. The number of thiophene rings is 1. The molecule has 0 spiro atoms. The van der Waals surface area contributed by atoms with Crippen molar-refractivity contribution < 1.29 is 9.59 Å². The Morgan fingerprint density at radius 1 is 1.26 bits per heavy atom. The topological polar surface area (TPSA) is 109 Å². The summed E-state index contributed by atoms with van der Waals surface area (Å²) in [5, 5.41) is 11.3. The van der Waals surface area contributed by atoms with E-state index in [1.54, 1.807) is 16.7 Å². The molecule has 0 saturated heterocycles. The Balaban J connectivity index is 1.43. The van der Waals surface area contributed by atoms with Gasteiger partial charge in [0.2, 0.25) is 0 Å². The van der Waals surface area contributed by atoms with Gasteiger partial charge in [0.1, 0.15) is 6.33 Å². The van der Waals surface area contributed by atoms with E-state index in [0.29, 0.717) is 28.1 Å². The highest BCUT2D eigenvalue weighted by Crippen LogP contribution is 2.29. The SMILES string of the molecule is Cc1ncc(CCNC(=O)c2csc3c(NC(=O)NC4CC4)ncnc23)s1. The highest BCUT2D eigenvalue weighted by atomic mass is 32.1. The molecule has 10 heteroatoms. The van der Waals surface area contributed by atoms with Crippen molar-refractivity contribution in [3.63, 3.8) is 0 Å². The van der Waals surface area contributed by atoms with E-state index in [0.717, 1.165) is 29.1 Å². The summed E-state index contributed by atoms with van der Waals surface area (Å²) in [5.74, 6) is 0.233. The number of rotatable bonds is 6. The molecule has 1 fully saturated rings. The molecule has 3 amide bonds. The van der Waals surface area contributed by atoms with E-state index in [9.17, 15) is 9.59 Å². The Morgan fingerprint density at radius 3 is 2.85 bits per heavy atom. The first-order valence-corrected chi connectivity index (χ1v) is 10.3. The Morgan fingerprint density at radius 2 is 2.11 bits per heavy atom. The van der Waals surface area contributed by atoms with Gasteiger partial charge >= 0.3 is 6.03 Å². The maximum absolute atomic E-state index is 12.5. The molecule has 0 unspecified atom stereocenters. The Bertz CT molecular complexity index is 994. The number of urea groups is 1. The molecule has 3 heterocycles. The van der Waals surface area contributed by atoms with Crippen molar-refractivity contribution in [3.05, 3.63) is 33.4 Å². The van der Waals surface area contributed by atoms with Crippen LogP contribution >= 0.6 is 22.7 Å². The number of aromatic nitrogens is 3. The normalized spacial score (nSPS) is 13.5. The van der Waals surface area contributed by atoms with Crippen molar-refractivity contribution in [2.24, 2.45) is 0 Å². The van der Waals surface area contributed by atoms with E-state index < -0.39 is 0 Å². The maximum Gasteiger partial charge on any atom is 0.320 e. The van der Waals surface area contributed by atoms with Gasteiger partial charge in [0.25, 0.3) is 5.91 Å². The van der Waals surface area contributed by atoms with Gasteiger partial charge in [-0.3, -0.25) is 10.1 Å². The lowest BCUT2D eigenvalue weighted by molar-refractivity contribution is 0.0956. The second-order valence-corrected chi connectivity index (χ2v) is 8.47. The number of thiazole rings is 1. The third-order valence-corrected chi connectivity index (χ3v) is 6.02. The minimum atomic E-state index is -0.281. The van der Waals surface area contributed by atoms with Crippen LogP contribution in [0.1, 0.15) is 33.1 Å². The molecule has 8 nitrogen and oxygen atoms in total. The molecule has 0 radical (unpaired) electrons. The number of nitrogens with zero attached hydrogens (tertiary/aromatic N) is 3. The van der Waals surface area contributed by atoms with Crippen LogP contribution in [-0.4, -0.2) is 39.5 Å². The third-order valence-electron chi connectivity index (χ3n) is 4.07. The molecular weight excluding hydrogens is 384 g/mol. The quantitative estimate of drug-likeness (QED) is 0.587. The summed E-state index contributed by atoms with van der Waals surface area (Å²) in [6.45, 7) is 2.48. The zero-order valence-electron chi connectivity index (χ0n) is 14.6. The smallest absolute Gasteiger partial charge is 0.320 e. The average Bonchev–Trinajstić information content (AvgIpc) is 3.17.